The van der Waals surface area contributed by atoms with Crippen molar-refractivity contribution in [2.75, 3.05) is 6.54 Å². The summed E-state index contributed by atoms with van der Waals surface area (Å²) >= 11 is 0. The van der Waals surface area contributed by atoms with Gasteiger partial charge in [0.05, 0.1) is 29.4 Å². The molecular weight excluding hydrogens is 405 g/mol. The number of benzene rings is 1. The van der Waals surface area contributed by atoms with Crippen molar-refractivity contribution in [3.8, 4) is 11.3 Å². The zero-order valence-electron chi connectivity index (χ0n) is 20.2. The molecule has 0 spiro atoms. The fourth-order valence-electron chi connectivity index (χ4n) is 4.13. The first kappa shape index (κ1) is 22.9. The number of imidazole rings is 1. The van der Waals surface area contributed by atoms with Crippen LogP contribution in [-0.2, 0) is 14.0 Å². The van der Waals surface area contributed by atoms with Gasteiger partial charge in [0.25, 0.3) is 0 Å². The molecule has 2 fully saturated rings. The van der Waals surface area contributed by atoms with E-state index in [-0.39, 0.29) is 23.5 Å². The van der Waals surface area contributed by atoms with Gasteiger partial charge in [-0.05, 0) is 72.3 Å². The smallest absolute Gasteiger partial charge is 0.444 e. The molecule has 0 unspecified atom stereocenters. The summed E-state index contributed by atoms with van der Waals surface area (Å²) < 4.78 is 20.0. The van der Waals surface area contributed by atoms with Crippen molar-refractivity contribution < 1.29 is 18.8 Å². The van der Waals surface area contributed by atoms with Crippen molar-refractivity contribution in [1.82, 2.24) is 14.5 Å². The number of nitrogens with zero attached hydrogens (tertiary/aromatic N) is 3. The minimum absolute atomic E-state index is 0.106. The molecular formula is C24H34BN3O4. The first-order chi connectivity index (χ1) is 14.9. The second kappa shape index (κ2) is 7.92. The third kappa shape index (κ3) is 4.30. The second-order valence-corrected chi connectivity index (χ2v) is 10.7. The van der Waals surface area contributed by atoms with Gasteiger partial charge in [-0.2, -0.15) is 0 Å². The summed E-state index contributed by atoms with van der Waals surface area (Å²) in [6.45, 7) is 14.6. The normalized spacial score (nSPS) is 22.4. The molecule has 7 nitrogen and oxygen atoms in total. The highest BCUT2D eigenvalue weighted by Gasteiger charge is 2.51. The molecule has 1 atom stereocenters. The Balaban J connectivity index is 1.55. The molecule has 1 aromatic carbocycles. The molecule has 2 aliphatic rings. The van der Waals surface area contributed by atoms with Crippen LogP contribution in [0, 0.1) is 0 Å². The monoisotopic (exact) mass is 439 g/mol. The van der Waals surface area contributed by atoms with E-state index in [0.29, 0.717) is 6.54 Å². The Morgan fingerprint density at radius 1 is 1.12 bits per heavy atom. The van der Waals surface area contributed by atoms with E-state index in [1.54, 1.807) is 11.2 Å². The van der Waals surface area contributed by atoms with Crippen molar-refractivity contribution in [3.63, 3.8) is 0 Å². The van der Waals surface area contributed by atoms with E-state index in [1.165, 1.54) is 0 Å². The molecule has 0 aliphatic carbocycles. The van der Waals surface area contributed by atoms with E-state index in [0.717, 1.165) is 29.6 Å². The highest BCUT2D eigenvalue weighted by molar-refractivity contribution is 6.62. The number of amides is 1. The maximum Gasteiger partial charge on any atom is 0.494 e. The van der Waals surface area contributed by atoms with E-state index in [2.05, 4.69) is 49.4 Å². The molecule has 3 heterocycles. The van der Waals surface area contributed by atoms with Crippen LogP contribution in [0.15, 0.2) is 36.8 Å². The Labute approximate surface area is 191 Å². The van der Waals surface area contributed by atoms with Crippen LogP contribution in [0.3, 0.4) is 0 Å². The predicted molar refractivity (Wildman–Crippen MR) is 125 cm³/mol. The number of likely N-dealkylation sites (tertiary alicyclic amines) is 1. The fourth-order valence-corrected chi connectivity index (χ4v) is 4.13. The first-order valence-electron chi connectivity index (χ1n) is 11.4. The second-order valence-electron chi connectivity index (χ2n) is 10.7. The topological polar surface area (TPSA) is 65.8 Å². The number of hydrogen-bond acceptors (Lipinski definition) is 5. The third-order valence-corrected chi connectivity index (χ3v) is 6.57. The van der Waals surface area contributed by atoms with Gasteiger partial charge in [0.2, 0.25) is 0 Å². The van der Waals surface area contributed by atoms with Crippen LogP contribution in [0.4, 0.5) is 4.79 Å². The van der Waals surface area contributed by atoms with E-state index < -0.39 is 12.7 Å². The quantitative estimate of drug-likeness (QED) is 0.665. The van der Waals surface area contributed by atoms with Crippen LogP contribution in [0.1, 0.15) is 67.5 Å². The maximum atomic E-state index is 12.8. The van der Waals surface area contributed by atoms with Crippen molar-refractivity contribution in [2.45, 2.75) is 84.3 Å². The number of hydrogen-bond donors (Lipinski definition) is 0. The molecule has 2 aliphatic heterocycles. The average molecular weight is 439 g/mol. The van der Waals surface area contributed by atoms with Gasteiger partial charge in [0.15, 0.2) is 0 Å². The standard InChI is InChI=1S/C24H34BN3O4/c1-22(2,3)30-21(29)27-14-8-9-20(27)28-16-26-15-19(28)17-10-12-18(13-11-17)25-31-23(4,5)24(6,7)32-25/h10-13,15-16,20H,8-9,14H2,1-7H3/t20-/m1/s1. The van der Waals surface area contributed by atoms with Crippen molar-refractivity contribution in [1.29, 1.82) is 0 Å². The number of carbonyl (C=O) groups is 1. The molecule has 0 saturated carbocycles. The molecule has 4 rings (SSSR count). The van der Waals surface area contributed by atoms with Crippen molar-refractivity contribution in [3.05, 3.63) is 36.8 Å². The number of carbonyl (C=O) groups excluding carboxylic acids is 1. The summed E-state index contributed by atoms with van der Waals surface area (Å²) in [6, 6.07) is 8.19. The van der Waals surface area contributed by atoms with Crippen LogP contribution in [0.25, 0.3) is 11.3 Å². The third-order valence-electron chi connectivity index (χ3n) is 6.57. The van der Waals surface area contributed by atoms with Gasteiger partial charge in [-0.15, -0.1) is 0 Å². The molecule has 0 N–H and O–H groups in total. The molecule has 172 valence electrons. The summed E-state index contributed by atoms with van der Waals surface area (Å²) in [5, 5.41) is 0. The predicted octanol–water partition coefficient (Wildman–Crippen LogP) is 4.38. The summed E-state index contributed by atoms with van der Waals surface area (Å²) in [5.74, 6) is 0. The van der Waals surface area contributed by atoms with E-state index in [9.17, 15) is 4.79 Å². The van der Waals surface area contributed by atoms with Gasteiger partial charge >= 0.3 is 13.2 Å². The highest BCUT2D eigenvalue weighted by atomic mass is 16.7. The number of rotatable bonds is 3. The summed E-state index contributed by atoms with van der Waals surface area (Å²) in [5.41, 5.74) is 1.70. The van der Waals surface area contributed by atoms with Crippen LogP contribution in [0.2, 0.25) is 0 Å². The molecule has 2 aromatic rings. The van der Waals surface area contributed by atoms with Gasteiger partial charge in [0, 0.05) is 6.54 Å². The minimum atomic E-state index is -0.522. The Hall–Kier alpha value is -2.32. The largest absolute Gasteiger partial charge is 0.494 e. The zero-order valence-corrected chi connectivity index (χ0v) is 20.2. The maximum absolute atomic E-state index is 12.8. The lowest BCUT2D eigenvalue weighted by molar-refractivity contribution is 0.00578. The molecule has 1 amide bonds. The van der Waals surface area contributed by atoms with Gasteiger partial charge in [-0.3, -0.25) is 4.90 Å². The van der Waals surface area contributed by atoms with Gasteiger partial charge in [0.1, 0.15) is 11.8 Å². The van der Waals surface area contributed by atoms with Crippen LogP contribution < -0.4 is 5.46 Å². The zero-order chi connectivity index (χ0) is 23.3. The molecule has 2 saturated heterocycles. The Kier molecular flexibility index (Phi) is 5.66. The van der Waals surface area contributed by atoms with Crippen molar-refractivity contribution >= 4 is 18.7 Å². The number of aromatic nitrogens is 2. The van der Waals surface area contributed by atoms with Gasteiger partial charge in [-0.25, -0.2) is 9.78 Å². The summed E-state index contributed by atoms with van der Waals surface area (Å²) in [7, 11) is -0.392. The van der Waals surface area contributed by atoms with Crippen LogP contribution in [-0.4, -0.2) is 51.0 Å². The minimum Gasteiger partial charge on any atom is -0.444 e. The van der Waals surface area contributed by atoms with E-state index >= 15 is 0 Å². The fraction of sp³-hybridized carbons (Fsp3) is 0.583. The first-order valence-corrected chi connectivity index (χ1v) is 11.4. The van der Waals surface area contributed by atoms with Gasteiger partial charge in [-0.1, -0.05) is 24.3 Å². The molecule has 1 aromatic heterocycles. The highest BCUT2D eigenvalue weighted by Crippen LogP contribution is 2.37. The molecule has 0 bridgehead atoms. The van der Waals surface area contributed by atoms with Crippen molar-refractivity contribution in [2.24, 2.45) is 0 Å². The number of ether oxygens (including phenoxy) is 1. The molecule has 32 heavy (non-hydrogen) atoms. The Morgan fingerprint density at radius 3 is 2.34 bits per heavy atom. The lowest BCUT2D eigenvalue weighted by Crippen LogP contribution is -2.41. The van der Waals surface area contributed by atoms with Gasteiger partial charge < -0.3 is 18.6 Å². The molecule has 0 radical (unpaired) electrons. The summed E-state index contributed by atoms with van der Waals surface area (Å²) in [4.78, 5) is 18.9. The molecule has 8 heteroatoms. The van der Waals surface area contributed by atoms with E-state index in [4.69, 9.17) is 14.0 Å². The lowest BCUT2D eigenvalue weighted by Gasteiger charge is -2.32. The Morgan fingerprint density at radius 2 is 1.75 bits per heavy atom. The Bertz CT molecular complexity index is 962. The average Bonchev–Trinajstić information content (AvgIpc) is 3.38. The SMILES string of the molecule is CC(C)(C)OC(=O)N1CCC[C@H]1n1cncc1-c1ccc(B2OC(C)(C)C(C)(C)O2)cc1. The van der Waals surface area contributed by atoms with E-state index in [1.807, 2.05) is 39.1 Å². The van der Waals surface area contributed by atoms with Crippen LogP contribution >= 0.6 is 0 Å². The lowest BCUT2D eigenvalue weighted by atomic mass is 9.79. The van der Waals surface area contributed by atoms with Crippen LogP contribution in [0.5, 0.6) is 0 Å². The summed E-state index contributed by atoms with van der Waals surface area (Å²) in [6.07, 6.45) is 5.05.